The normalized spacial score (nSPS) is 24.8. The predicted molar refractivity (Wildman–Crippen MR) is 115 cm³/mol. The van der Waals surface area contributed by atoms with Gasteiger partial charge in [-0.25, -0.2) is 8.42 Å². The topological polar surface area (TPSA) is 84.9 Å². The highest BCUT2D eigenvalue weighted by Crippen LogP contribution is 2.46. The lowest BCUT2D eigenvalue weighted by molar-refractivity contribution is -0.126. The highest BCUT2D eigenvalue weighted by molar-refractivity contribution is 7.89. The van der Waals surface area contributed by atoms with E-state index in [-0.39, 0.29) is 22.8 Å². The van der Waals surface area contributed by atoms with Gasteiger partial charge in [0.25, 0.3) is 0 Å². The molecule has 8 heteroatoms. The fraction of sp³-hybridized carbons (Fsp3) is 0.435. The number of nitrogens with one attached hydrogen (secondary N) is 1. The molecule has 3 atom stereocenters. The number of hydrogen-bond donors (Lipinski definition) is 1. The Balaban J connectivity index is 1.35. The number of fused-ring (bicyclic) bond motifs is 3. The molecule has 1 N–H and O–H groups in total. The number of ether oxygens (including phenoxy) is 2. The van der Waals surface area contributed by atoms with Crippen LogP contribution in [0.3, 0.4) is 0 Å². The summed E-state index contributed by atoms with van der Waals surface area (Å²) in [4.78, 5) is 13.2. The van der Waals surface area contributed by atoms with E-state index in [0.717, 1.165) is 24.8 Å². The molecule has 164 valence electrons. The third kappa shape index (κ3) is 3.78. The van der Waals surface area contributed by atoms with Gasteiger partial charge >= 0.3 is 0 Å². The first-order chi connectivity index (χ1) is 15.0. The molecule has 2 heterocycles. The van der Waals surface area contributed by atoms with Gasteiger partial charge in [-0.1, -0.05) is 30.3 Å². The Kier molecular flexibility index (Phi) is 5.35. The fourth-order valence-corrected chi connectivity index (χ4v) is 6.90. The van der Waals surface area contributed by atoms with Crippen molar-refractivity contribution in [2.24, 2.45) is 5.92 Å². The molecule has 1 saturated carbocycles. The van der Waals surface area contributed by atoms with Crippen molar-refractivity contribution in [3.63, 3.8) is 0 Å². The number of sulfonamides is 1. The summed E-state index contributed by atoms with van der Waals surface area (Å²) in [5, 5.41) is 2.97. The van der Waals surface area contributed by atoms with Gasteiger partial charge in [-0.15, -0.1) is 0 Å². The summed E-state index contributed by atoms with van der Waals surface area (Å²) >= 11 is 0. The number of hydrogen-bond acceptors (Lipinski definition) is 5. The number of piperidine rings is 1. The van der Waals surface area contributed by atoms with Crippen LogP contribution in [0.15, 0.2) is 53.4 Å². The molecule has 1 amide bonds. The summed E-state index contributed by atoms with van der Waals surface area (Å²) in [6.45, 7) is 1.31. The van der Waals surface area contributed by atoms with Gasteiger partial charge in [0.15, 0.2) is 11.5 Å². The SMILES string of the molecule is O=C(NCCc1ccccc1)C1C2CCC(C2)N1S(=O)(=O)c1ccc2c(c1)OCCO2. The Bertz CT molecular complexity index is 1070. The number of benzene rings is 2. The quantitative estimate of drug-likeness (QED) is 0.742. The maximum Gasteiger partial charge on any atom is 0.244 e. The molecule has 2 aromatic carbocycles. The molecule has 3 unspecified atom stereocenters. The van der Waals surface area contributed by atoms with Crippen molar-refractivity contribution in [1.29, 1.82) is 0 Å². The maximum absolute atomic E-state index is 13.6. The van der Waals surface area contributed by atoms with Crippen LogP contribution in [0.5, 0.6) is 11.5 Å². The molecule has 0 radical (unpaired) electrons. The van der Waals surface area contributed by atoms with Gasteiger partial charge in [-0.3, -0.25) is 4.79 Å². The summed E-state index contributed by atoms with van der Waals surface area (Å²) in [5.41, 5.74) is 1.14. The number of carbonyl (C=O) groups excluding carboxylic acids is 1. The lowest BCUT2D eigenvalue weighted by Crippen LogP contribution is -2.52. The zero-order valence-electron chi connectivity index (χ0n) is 17.2. The number of carbonyl (C=O) groups is 1. The van der Waals surface area contributed by atoms with Gasteiger partial charge in [0.1, 0.15) is 19.3 Å². The summed E-state index contributed by atoms with van der Waals surface area (Å²) in [7, 11) is -3.84. The summed E-state index contributed by atoms with van der Waals surface area (Å²) < 4.78 is 39.7. The Morgan fingerprint density at radius 1 is 1.03 bits per heavy atom. The minimum Gasteiger partial charge on any atom is -0.486 e. The van der Waals surface area contributed by atoms with Crippen molar-refractivity contribution in [3.8, 4) is 11.5 Å². The second-order valence-corrected chi connectivity index (χ2v) is 10.2. The van der Waals surface area contributed by atoms with Crippen LogP contribution in [0.1, 0.15) is 24.8 Å². The van der Waals surface area contributed by atoms with Gasteiger partial charge in [0.05, 0.1) is 4.90 Å². The minimum absolute atomic E-state index is 0.0636. The molecule has 2 aromatic rings. The van der Waals surface area contributed by atoms with Gasteiger partial charge in [-0.05, 0) is 49.3 Å². The second kappa shape index (κ2) is 8.16. The zero-order chi connectivity index (χ0) is 21.4. The van der Waals surface area contributed by atoms with Gasteiger partial charge in [0.2, 0.25) is 15.9 Å². The highest BCUT2D eigenvalue weighted by Gasteiger charge is 2.54. The molecule has 5 rings (SSSR count). The molecule has 2 fully saturated rings. The molecule has 3 aliphatic rings. The van der Waals surface area contributed by atoms with Crippen LogP contribution < -0.4 is 14.8 Å². The average Bonchev–Trinajstić information content (AvgIpc) is 3.41. The van der Waals surface area contributed by atoms with Gasteiger partial charge in [-0.2, -0.15) is 4.31 Å². The Labute approximate surface area is 182 Å². The van der Waals surface area contributed by atoms with E-state index < -0.39 is 16.1 Å². The van der Waals surface area contributed by atoms with Crippen LogP contribution in [-0.4, -0.2) is 50.5 Å². The zero-order valence-corrected chi connectivity index (χ0v) is 18.0. The number of amides is 1. The maximum atomic E-state index is 13.6. The first-order valence-electron chi connectivity index (χ1n) is 10.8. The van der Waals surface area contributed by atoms with Crippen molar-refractivity contribution in [1.82, 2.24) is 9.62 Å². The minimum atomic E-state index is -3.84. The largest absolute Gasteiger partial charge is 0.486 e. The molecule has 0 aromatic heterocycles. The van der Waals surface area contributed by atoms with Crippen molar-refractivity contribution < 1.29 is 22.7 Å². The van der Waals surface area contributed by atoms with Crippen LogP contribution >= 0.6 is 0 Å². The Morgan fingerprint density at radius 2 is 1.81 bits per heavy atom. The average molecular weight is 443 g/mol. The van der Waals surface area contributed by atoms with E-state index in [9.17, 15) is 13.2 Å². The molecular formula is C23H26N2O5S. The highest BCUT2D eigenvalue weighted by atomic mass is 32.2. The van der Waals surface area contributed by atoms with Gasteiger partial charge in [0, 0.05) is 18.7 Å². The van der Waals surface area contributed by atoms with E-state index in [1.807, 2.05) is 30.3 Å². The van der Waals surface area contributed by atoms with Crippen LogP contribution in [0.4, 0.5) is 0 Å². The summed E-state index contributed by atoms with van der Waals surface area (Å²) in [5.74, 6) is 0.835. The molecule has 7 nitrogen and oxygen atoms in total. The first kappa shape index (κ1) is 20.3. The Morgan fingerprint density at radius 3 is 2.61 bits per heavy atom. The smallest absolute Gasteiger partial charge is 0.244 e. The second-order valence-electron chi connectivity index (χ2n) is 8.34. The molecule has 2 bridgehead atoms. The predicted octanol–water partition coefficient (Wildman–Crippen LogP) is 2.36. The number of rotatable bonds is 6. The van der Waals surface area contributed by atoms with E-state index in [1.54, 1.807) is 12.1 Å². The fourth-order valence-electron chi connectivity index (χ4n) is 5.00. The lowest BCUT2D eigenvalue weighted by atomic mass is 9.99. The van der Waals surface area contributed by atoms with E-state index >= 15 is 0 Å². The molecule has 1 saturated heterocycles. The Hall–Kier alpha value is -2.58. The van der Waals surface area contributed by atoms with E-state index in [1.165, 1.54) is 10.4 Å². The van der Waals surface area contributed by atoms with Gasteiger partial charge < -0.3 is 14.8 Å². The van der Waals surface area contributed by atoms with Crippen LogP contribution in [-0.2, 0) is 21.2 Å². The molecule has 0 spiro atoms. The lowest BCUT2D eigenvalue weighted by Gasteiger charge is -2.33. The van der Waals surface area contributed by atoms with E-state index in [4.69, 9.17) is 9.47 Å². The van der Waals surface area contributed by atoms with Crippen molar-refractivity contribution in [2.75, 3.05) is 19.8 Å². The van der Waals surface area contributed by atoms with Crippen molar-refractivity contribution in [3.05, 3.63) is 54.1 Å². The third-order valence-electron chi connectivity index (χ3n) is 6.44. The van der Waals surface area contributed by atoms with Crippen molar-refractivity contribution >= 4 is 15.9 Å². The molecular weight excluding hydrogens is 416 g/mol. The first-order valence-corrected chi connectivity index (χ1v) is 12.2. The third-order valence-corrected chi connectivity index (χ3v) is 8.37. The van der Waals surface area contributed by atoms with Crippen LogP contribution in [0, 0.1) is 5.92 Å². The molecule has 2 aliphatic heterocycles. The van der Waals surface area contributed by atoms with Crippen LogP contribution in [0.2, 0.25) is 0 Å². The van der Waals surface area contributed by atoms with Crippen LogP contribution in [0.25, 0.3) is 0 Å². The number of nitrogens with zero attached hydrogens (tertiary/aromatic N) is 1. The molecule has 31 heavy (non-hydrogen) atoms. The standard InChI is InChI=1S/C23H26N2O5S/c26-23(24-11-10-16-4-2-1-3-5-16)22-17-6-7-18(14-17)25(22)31(27,28)19-8-9-20-21(15-19)30-13-12-29-20/h1-5,8-9,15,17-18,22H,6-7,10-14H2,(H,24,26). The molecule has 1 aliphatic carbocycles. The van der Waals surface area contributed by atoms with E-state index in [2.05, 4.69) is 5.32 Å². The van der Waals surface area contributed by atoms with E-state index in [0.29, 0.717) is 37.7 Å². The summed E-state index contributed by atoms with van der Waals surface area (Å²) in [6, 6.07) is 13.8. The summed E-state index contributed by atoms with van der Waals surface area (Å²) in [6.07, 6.45) is 3.12. The monoisotopic (exact) mass is 442 g/mol. The van der Waals surface area contributed by atoms with Crippen molar-refractivity contribution in [2.45, 2.75) is 42.7 Å².